The molecule has 0 aromatic heterocycles. The first-order chi connectivity index (χ1) is 20.7. The largest absolute Gasteiger partial charge is 0.292 e. The number of halogens is 2. The third kappa shape index (κ3) is 4.08. The molecule has 8 rings (SSSR count). The molecule has 1 aliphatic heterocycles. The van der Waals surface area contributed by atoms with Gasteiger partial charge in [0.1, 0.15) is 6.04 Å². The quantitative estimate of drug-likeness (QED) is 0.184. The highest BCUT2D eigenvalue weighted by Gasteiger charge is 2.63. The van der Waals surface area contributed by atoms with Gasteiger partial charge in [-0.05, 0) is 54.3 Å². The van der Waals surface area contributed by atoms with Gasteiger partial charge in [-0.2, -0.15) is 5.01 Å². The van der Waals surface area contributed by atoms with E-state index in [1.54, 1.807) is 24.3 Å². The zero-order valence-electron chi connectivity index (χ0n) is 23.3. The number of hydrogen-bond donors (Lipinski definition) is 0. The Morgan fingerprint density at radius 1 is 0.744 bits per heavy atom. The van der Waals surface area contributed by atoms with Crippen molar-refractivity contribution >= 4 is 46.7 Å². The van der Waals surface area contributed by atoms with Crippen LogP contribution in [0.2, 0.25) is 10.0 Å². The van der Waals surface area contributed by atoms with Gasteiger partial charge < -0.3 is 0 Å². The fraction of sp³-hybridized carbons (Fsp3) is 0.200. The molecule has 2 bridgehead atoms. The lowest BCUT2D eigenvalue weighted by molar-refractivity contribution is -0.156. The summed E-state index contributed by atoms with van der Waals surface area (Å²) in [5, 5.41) is 2.31. The number of aryl methyl sites for hydroxylation is 1. The summed E-state index contributed by atoms with van der Waals surface area (Å²) in [7, 11) is 0. The van der Waals surface area contributed by atoms with Crippen LogP contribution in [0.3, 0.4) is 0 Å². The fourth-order valence-corrected chi connectivity index (χ4v) is 7.66. The van der Waals surface area contributed by atoms with Crippen molar-refractivity contribution in [1.82, 2.24) is 10.0 Å². The van der Waals surface area contributed by atoms with Crippen molar-refractivity contribution in [2.75, 3.05) is 0 Å². The lowest BCUT2D eigenvalue weighted by Gasteiger charge is -2.45. The van der Waals surface area contributed by atoms with Crippen molar-refractivity contribution in [3.05, 3.63) is 140 Å². The average molecular weight is 610 g/mol. The van der Waals surface area contributed by atoms with E-state index in [0.29, 0.717) is 10.6 Å². The number of carbonyl (C=O) groups excluding carboxylic acids is 4. The van der Waals surface area contributed by atoms with Crippen LogP contribution in [-0.4, -0.2) is 39.6 Å². The van der Waals surface area contributed by atoms with Crippen molar-refractivity contribution in [3.8, 4) is 0 Å². The SMILES string of the molecule is Cc1ccc(C(=O)[C@@H](C)N(C(=O)c2ccc(Cl)cc2Cl)N2C(=O)[C@@H]3C4c5ccccc5C(c5ccccc54)[C@@H]3C2=O)cc1. The third-order valence-corrected chi connectivity index (χ3v) is 9.64. The Balaban J connectivity index is 1.37. The number of imide groups is 1. The summed E-state index contributed by atoms with van der Waals surface area (Å²) >= 11 is 12.6. The minimum Gasteiger partial charge on any atom is -0.292 e. The van der Waals surface area contributed by atoms with E-state index < -0.39 is 41.4 Å². The molecule has 6 nitrogen and oxygen atoms in total. The minimum atomic E-state index is -1.20. The number of ketones is 1. The zero-order valence-corrected chi connectivity index (χ0v) is 24.8. The highest BCUT2D eigenvalue weighted by atomic mass is 35.5. The Labute approximate surface area is 258 Å². The number of amides is 3. The molecule has 0 radical (unpaired) electrons. The molecule has 214 valence electrons. The van der Waals surface area contributed by atoms with Crippen molar-refractivity contribution in [2.45, 2.75) is 31.7 Å². The van der Waals surface area contributed by atoms with Gasteiger partial charge in [0.15, 0.2) is 5.78 Å². The van der Waals surface area contributed by atoms with Gasteiger partial charge in [-0.3, -0.25) is 19.2 Å². The fourth-order valence-electron chi connectivity index (χ4n) is 7.17. The molecule has 3 atom stereocenters. The van der Waals surface area contributed by atoms with Crippen LogP contribution < -0.4 is 0 Å². The lowest BCUT2D eigenvalue weighted by Crippen LogP contribution is -2.56. The number of benzene rings is 4. The number of hydrogen-bond acceptors (Lipinski definition) is 4. The maximum absolute atomic E-state index is 14.5. The van der Waals surface area contributed by atoms with Gasteiger partial charge in [-0.25, -0.2) is 5.01 Å². The van der Waals surface area contributed by atoms with E-state index in [-0.39, 0.29) is 22.4 Å². The second-order valence-electron chi connectivity index (χ2n) is 11.4. The van der Waals surface area contributed by atoms with Crippen molar-refractivity contribution in [1.29, 1.82) is 0 Å². The van der Waals surface area contributed by atoms with E-state index in [1.165, 1.54) is 25.1 Å². The third-order valence-electron chi connectivity index (χ3n) is 9.09. The van der Waals surface area contributed by atoms with E-state index in [2.05, 4.69) is 0 Å². The molecule has 4 aromatic rings. The number of hydrazine groups is 1. The molecule has 0 N–H and O–H groups in total. The van der Waals surface area contributed by atoms with E-state index in [1.807, 2.05) is 55.5 Å². The molecule has 0 unspecified atom stereocenters. The van der Waals surface area contributed by atoms with Crippen LogP contribution in [0, 0.1) is 18.8 Å². The predicted molar refractivity (Wildman–Crippen MR) is 163 cm³/mol. The molecule has 3 amide bonds. The molecule has 3 aliphatic carbocycles. The second-order valence-corrected chi connectivity index (χ2v) is 12.3. The van der Waals surface area contributed by atoms with Gasteiger partial charge in [-0.1, -0.05) is 102 Å². The summed E-state index contributed by atoms with van der Waals surface area (Å²) in [6.45, 7) is 3.44. The first-order valence-corrected chi connectivity index (χ1v) is 14.9. The van der Waals surface area contributed by atoms with Crippen LogP contribution >= 0.6 is 23.2 Å². The molecular weight excluding hydrogens is 583 g/mol. The topological polar surface area (TPSA) is 74.8 Å². The maximum Gasteiger partial charge on any atom is 0.275 e. The smallest absolute Gasteiger partial charge is 0.275 e. The van der Waals surface area contributed by atoms with Crippen LogP contribution in [-0.2, 0) is 9.59 Å². The first-order valence-electron chi connectivity index (χ1n) is 14.1. The number of carbonyl (C=O) groups is 4. The monoisotopic (exact) mass is 608 g/mol. The minimum absolute atomic E-state index is 0.0274. The summed E-state index contributed by atoms with van der Waals surface area (Å²) in [5.74, 6) is -4.32. The van der Waals surface area contributed by atoms with E-state index >= 15 is 0 Å². The normalized spacial score (nSPS) is 22.1. The summed E-state index contributed by atoms with van der Waals surface area (Å²) in [4.78, 5) is 57.2. The van der Waals surface area contributed by atoms with E-state index in [9.17, 15) is 19.2 Å². The first kappa shape index (κ1) is 27.6. The number of rotatable bonds is 5. The Kier molecular flexibility index (Phi) is 6.53. The van der Waals surface area contributed by atoms with Crippen LogP contribution in [0.4, 0.5) is 0 Å². The standard InChI is InChI=1S/C35H26Cl2N2O4/c1-18-11-13-20(14-12-18)32(40)19(2)38(33(41)26-16-15-21(36)17-27(26)37)39-34(42)30-28-22-7-3-4-8-23(22)29(31(30)35(39)43)25-10-6-5-9-24(25)28/h3-17,19,28-31H,1-2H3/t19-,28?,29?,30-,31+/m1/s1. The lowest BCUT2D eigenvalue weighted by atomic mass is 9.55. The molecule has 8 heteroatoms. The number of nitrogens with zero attached hydrogens (tertiary/aromatic N) is 2. The summed E-state index contributed by atoms with van der Waals surface area (Å²) in [5.41, 5.74) is 5.40. The second kappa shape index (κ2) is 10.2. The Morgan fingerprint density at radius 3 is 1.70 bits per heavy atom. The van der Waals surface area contributed by atoms with Crippen LogP contribution in [0.1, 0.15) is 67.3 Å². The highest BCUT2D eigenvalue weighted by molar-refractivity contribution is 6.36. The molecule has 1 fully saturated rings. The van der Waals surface area contributed by atoms with Gasteiger partial charge in [0.25, 0.3) is 17.7 Å². The highest BCUT2D eigenvalue weighted by Crippen LogP contribution is 2.61. The van der Waals surface area contributed by atoms with Gasteiger partial charge in [0.05, 0.1) is 22.4 Å². The maximum atomic E-state index is 14.5. The molecule has 1 heterocycles. The summed E-state index contributed by atoms with van der Waals surface area (Å²) in [6.07, 6.45) is 0. The summed E-state index contributed by atoms with van der Waals surface area (Å²) < 4.78 is 0. The van der Waals surface area contributed by atoms with Crippen LogP contribution in [0.15, 0.2) is 91.0 Å². The predicted octanol–water partition coefficient (Wildman–Crippen LogP) is 6.82. The zero-order chi connectivity index (χ0) is 30.2. The number of Topliss-reactive ketones (excluding diaryl/α,β-unsaturated/α-hetero) is 1. The Morgan fingerprint density at radius 2 is 1.23 bits per heavy atom. The van der Waals surface area contributed by atoms with Crippen LogP contribution in [0.25, 0.3) is 0 Å². The Bertz CT molecular complexity index is 1740. The average Bonchev–Trinajstić information content (AvgIpc) is 3.27. The summed E-state index contributed by atoms with van der Waals surface area (Å²) in [6, 6.07) is 25.9. The van der Waals surface area contributed by atoms with Crippen molar-refractivity contribution < 1.29 is 19.2 Å². The van der Waals surface area contributed by atoms with E-state index in [0.717, 1.165) is 37.8 Å². The molecular formula is C35H26Cl2N2O4. The molecule has 4 aromatic carbocycles. The molecule has 1 saturated heterocycles. The van der Waals surface area contributed by atoms with Crippen LogP contribution in [0.5, 0.6) is 0 Å². The van der Waals surface area contributed by atoms with Gasteiger partial charge in [0, 0.05) is 22.4 Å². The molecule has 0 spiro atoms. The van der Waals surface area contributed by atoms with Gasteiger partial charge in [-0.15, -0.1) is 0 Å². The molecule has 4 aliphatic rings. The van der Waals surface area contributed by atoms with Gasteiger partial charge in [0.2, 0.25) is 0 Å². The van der Waals surface area contributed by atoms with Crippen molar-refractivity contribution in [3.63, 3.8) is 0 Å². The Hall–Kier alpha value is -4.26. The van der Waals surface area contributed by atoms with Crippen molar-refractivity contribution in [2.24, 2.45) is 11.8 Å². The molecule has 0 saturated carbocycles. The van der Waals surface area contributed by atoms with E-state index in [4.69, 9.17) is 23.2 Å². The van der Waals surface area contributed by atoms with Gasteiger partial charge >= 0.3 is 0 Å². The molecule has 43 heavy (non-hydrogen) atoms.